The van der Waals surface area contributed by atoms with E-state index in [0.717, 1.165) is 32.1 Å². The van der Waals surface area contributed by atoms with Crippen LogP contribution in [0.4, 0.5) is 0 Å². The number of hydrogen-bond donors (Lipinski definition) is 2. The van der Waals surface area contributed by atoms with Gasteiger partial charge in [-0.05, 0) is 31.9 Å². The van der Waals surface area contributed by atoms with E-state index in [4.69, 9.17) is 4.74 Å². The van der Waals surface area contributed by atoms with Gasteiger partial charge in [-0.1, -0.05) is 37.5 Å². The van der Waals surface area contributed by atoms with Crippen molar-refractivity contribution in [1.82, 2.24) is 5.32 Å². The predicted molar refractivity (Wildman–Crippen MR) is 77.6 cm³/mol. The zero-order chi connectivity index (χ0) is 14.4. The van der Waals surface area contributed by atoms with E-state index in [0.29, 0.717) is 5.75 Å². The Morgan fingerprint density at radius 1 is 1.25 bits per heavy atom. The SMILES string of the molecule is CC(Oc1ccccc1)C(=O)NC1CCCCCC1O. The highest BCUT2D eigenvalue weighted by Crippen LogP contribution is 2.18. The van der Waals surface area contributed by atoms with E-state index in [1.165, 1.54) is 0 Å². The Bertz CT molecular complexity index is 421. The average molecular weight is 277 g/mol. The zero-order valence-electron chi connectivity index (χ0n) is 11.9. The van der Waals surface area contributed by atoms with Gasteiger partial charge in [-0.15, -0.1) is 0 Å². The first-order valence-corrected chi connectivity index (χ1v) is 7.37. The lowest BCUT2D eigenvalue weighted by Crippen LogP contribution is -2.47. The fourth-order valence-corrected chi connectivity index (χ4v) is 2.51. The number of para-hydroxylation sites is 1. The molecule has 0 spiro atoms. The van der Waals surface area contributed by atoms with E-state index >= 15 is 0 Å². The van der Waals surface area contributed by atoms with Crippen LogP contribution in [0.1, 0.15) is 39.0 Å². The van der Waals surface area contributed by atoms with Crippen LogP contribution in [0, 0.1) is 0 Å². The summed E-state index contributed by atoms with van der Waals surface area (Å²) in [6.07, 6.45) is 3.81. The van der Waals surface area contributed by atoms with Gasteiger partial charge in [0.1, 0.15) is 5.75 Å². The maximum absolute atomic E-state index is 12.1. The molecule has 3 atom stereocenters. The molecule has 1 aromatic carbocycles. The van der Waals surface area contributed by atoms with E-state index in [-0.39, 0.29) is 11.9 Å². The third-order valence-electron chi connectivity index (χ3n) is 3.73. The molecule has 3 unspecified atom stereocenters. The van der Waals surface area contributed by atoms with Crippen LogP contribution in [0.3, 0.4) is 0 Å². The predicted octanol–water partition coefficient (Wildman–Crippen LogP) is 2.26. The van der Waals surface area contributed by atoms with Crippen LogP contribution in [0.2, 0.25) is 0 Å². The molecule has 110 valence electrons. The fraction of sp³-hybridized carbons (Fsp3) is 0.562. The lowest BCUT2D eigenvalue weighted by Gasteiger charge is -2.24. The van der Waals surface area contributed by atoms with Gasteiger partial charge in [0, 0.05) is 0 Å². The molecule has 2 rings (SSSR count). The van der Waals surface area contributed by atoms with Crippen molar-refractivity contribution in [2.75, 3.05) is 0 Å². The average Bonchev–Trinajstić information content (AvgIpc) is 2.65. The molecule has 0 bridgehead atoms. The monoisotopic (exact) mass is 277 g/mol. The van der Waals surface area contributed by atoms with Gasteiger partial charge in [0.05, 0.1) is 12.1 Å². The molecule has 1 amide bonds. The number of amides is 1. The third kappa shape index (κ3) is 4.23. The maximum atomic E-state index is 12.1. The summed E-state index contributed by atoms with van der Waals surface area (Å²) in [6, 6.07) is 9.14. The minimum Gasteiger partial charge on any atom is -0.481 e. The third-order valence-corrected chi connectivity index (χ3v) is 3.73. The Labute approximate surface area is 120 Å². The summed E-state index contributed by atoms with van der Waals surface area (Å²) in [5.41, 5.74) is 0. The van der Waals surface area contributed by atoms with Crippen LogP contribution >= 0.6 is 0 Å². The molecule has 4 nitrogen and oxygen atoms in total. The van der Waals surface area contributed by atoms with E-state index in [1.807, 2.05) is 30.3 Å². The van der Waals surface area contributed by atoms with Crippen LogP contribution in [0.25, 0.3) is 0 Å². The number of rotatable bonds is 4. The number of carbonyl (C=O) groups excluding carboxylic acids is 1. The Kier molecular flexibility index (Phi) is 5.41. The second kappa shape index (κ2) is 7.29. The van der Waals surface area contributed by atoms with E-state index < -0.39 is 12.2 Å². The lowest BCUT2D eigenvalue weighted by atomic mass is 10.1. The Balaban J connectivity index is 1.87. The summed E-state index contributed by atoms with van der Waals surface area (Å²) in [4.78, 5) is 12.1. The molecule has 1 fully saturated rings. The highest BCUT2D eigenvalue weighted by Gasteiger charge is 2.25. The van der Waals surface area contributed by atoms with Gasteiger partial charge in [-0.25, -0.2) is 0 Å². The largest absolute Gasteiger partial charge is 0.481 e. The molecule has 0 heterocycles. The number of ether oxygens (including phenoxy) is 1. The van der Waals surface area contributed by atoms with Gasteiger partial charge in [0.15, 0.2) is 6.10 Å². The van der Waals surface area contributed by atoms with Gasteiger partial charge < -0.3 is 15.2 Å². The summed E-state index contributed by atoms with van der Waals surface area (Å²) < 4.78 is 5.59. The summed E-state index contributed by atoms with van der Waals surface area (Å²) in [5, 5.41) is 12.9. The minimum atomic E-state index is -0.562. The summed E-state index contributed by atoms with van der Waals surface area (Å²) in [5.74, 6) is 0.511. The number of aliphatic hydroxyl groups is 1. The fourth-order valence-electron chi connectivity index (χ4n) is 2.51. The van der Waals surface area contributed by atoms with Crippen LogP contribution in [-0.4, -0.2) is 29.3 Å². The Hall–Kier alpha value is -1.55. The number of hydrogen-bond acceptors (Lipinski definition) is 3. The number of nitrogens with one attached hydrogen (secondary N) is 1. The second-order valence-corrected chi connectivity index (χ2v) is 5.39. The molecule has 1 saturated carbocycles. The van der Waals surface area contributed by atoms with Crippen molar-refractivity contribution in [1.29, 1.82) is 0 Å². The number of aliphatic hydroxyl groups excluding tert-OH is 1. The molecule has 20 heavy (non-hydrogen) atoms. The molecule has 1 aliphatic carbocycles. The van der Waals surface area contributed by atoms with Crippen LogP contribution < -0.4 is 10.1 Å². The molecule has 1 aromatic rings. The standard InChI is InChI=1S/C16H23NO3/c1-12(20-13-8-4-2-5-9-13)16(19)17-14-10-6-3-7-11-15(14)18/h2,4-5,8-9,12,14-15,18H,3,6-7,10-11H2,1H3,(H,17,19). The number of benzene rings is 1. The molecular formula is C16H23NO3. The van der Waals surface area contributed by atoms with Crippen molar-refractivity contribution in [2.24, 2.45) is 0 Å². The molecule has 0 radical (unpaired) electrons. The second-order valence-electron chi connectivity index (χ2n) is 5.39. The molecule has 0 saturated heterocycles. The molecule has 1 aliphatic rings. The first-order chi connectivity index (χ1) is 9.66. The highest BCUT2D eigenvalue weighted by molar-refractivity contribution is 5.81. The normalized spacial score (nSPS) is 24.5. The van der Waals surface area contributed by atoms with Gasteiger partial charge in [0.25, 0.3) is 5.91 Å². The van der Waals surface area contributed by atoms with Crippen molar-refractivity contribution < 1.29 is 14.6 Å². The zero-order valence-corrected chi connectivity index (χ0v) is 11.9. The summed E-state index contributed by atoms with van der Waals surface area (Å²) in [6.45, 7) is 1.73. The highest BCUT2D eigenvalue weighted by atomic mass is 16.5. The van der Waals surface area contributed by atoms with Crippen molar-refractivity contribution in [3.05, 3.63) is 30.3 Å². The minimum absolute atomic E-state index is 0.146. The van der Waals surface area contributed by atoms with Gasteiger partial charge in [-0.2, -0.15) is 0 Å². The Morgan fingerprint density at radius 3 is 2.70 bits per heavy atom. The quantitative estimate of drug-likeness (QED) is 0.830. The number of carbonyl (C=O) groups is 1. The van der Waals surface area contributed by atoms with Gasteiger partial charge >= 0.3 is 0 Å². The van der Waals surface area contributed by atoms with Gasteiger partial charge in [-0.3, -0.25) is 4.79 Å². The van der Waals surface area contributed by atoms with Crippen molar-refractivity contribution in [3.63, 3.8) is 0 Å². The van der Waals surface area contributed by atoms with Crippen LogP contribution in [0.5, 0.6) is 5.75 Å². The molecule has 4 heteroatoms. The van der Waals surface area contributed by atoms with E-state index in [1.54, 1.807) is 6.92 Å². The van der Waals surface area contributed by atoms with E-state index in [2.05, 4.69) is 5.32 Å². The Morgan fingerprint density at radius 2 is 1.95 bits per heavy atom. The van der Waals surface area contributed by atoms with Crippen molar-refractivity contribution in [2.45, 2.75) is 57.3 Å². The van der Waals surface area contributed by atoms with Crippen LogP contribution in [-0.2, 0) is 4.79 Å². The van der Waals surface area contributed by atoms with E-state index in [9.17, 15) is 9.90 Å². The first-order valence-electron chi connectivity index (χ1n) is 7.37. The van der Waals surface area contributed by atoms with Crippen molar-refractivity contribution in [3.8, 4) is 5.75 Å². The molecule has 2 N–H and O–H groups in total. The topological polar surface area (TPSA) is 58.6 Å². The smallest absolute Gasteiger partial charge is 0.261 e. The summed E-state index contributed by atoms with van der Waals surface area (Å²) >= 11 is 0. The molecule has 0 aromatic heterocycles. The molecular weight excluding hydrogens is 254 g/mol. The summed E-state index contributed by atoms with van der Waals surface area (Å²) in [7, 11) is 0. The lowest BCUT2D eigenvalue weighted by molar-refractivity contribution is -0.128. The van der Waals surface area contributed by atoms with Gasteiger partial charge in [0.2, 0.25) is 0 Å². The van der Waals surface area contributed by atoms with Crippen molar-refractivity contribution >= 4 is 5.91 Å². The maximum Gasteiger partial charge on any atom is 0.261 e. The first kappa shape index (κ1) is 14.9. The van der Waals surface area contributed by atoms with Crippen LogP contribution in [0.15, 0.2) is 30.3 Å². The molecule has 0 aliphatic heterocycles.